The smallest absolute Gasteiger partial charge is 0.121 e. The van der Waals surface area contributed by atoms with Gasteiger partial charge in [-0.2, -0.15) is 0 Å². The van der Waals surface area contributed by atoms with E-state index in [0.29, 0.717) is 17.1 Å². The predicted octanol–water partition coefficient (Wildman–Crippen LogP) is 2.97. The molecule has 2 saturated carbocycles. The number of rotatable bonds is 0. The zero-order chi connectivity index (χ0) is 11.6. The molecule has 0 unspecified atom stereocenters. The van der Waals surface area contributed by atoms with Crippen LogP contribution in [0.3, 0.4) is 0 Å². The van der Waals surface area contributed by atoms with Gasteiger partial charge in [0.1, 0.15) is 11.0 Å². The number of hydrogen-bond acceptors (Lipinski definition) is 1. The Kier molecular flexibility index (Phi) is 1.99. The molecule has 0 radical (unpaired) electrons. The monoisotopic (exact) mass is 247 g/mol. The molecular weight excluding hydrogens is 230 g/mol. The number of fused-ring (bicyclic) bond motifs is 7. The van der Waals surface area contributed by atoms with Gasteiger partial charge in [0.05, 0.1) is 5.25 Å². The standard InChI is InChI=1S/C14H17NOS/c1-8-2-5-12-11(6-8)13-9-3-4-10(7-9)14(13)17(16)15-12/h2,5-6,9-10,13-15H,3-4,7H2,1H3/t9-,10-,13-,14-,17-/m0/s1. The van der Waals surface area contributed by atoms with Crippen molar-refractivity contribution < 1.29 is 4.21 Å². The summed E-state index contributed by atoms with van der Waals surface area (Å²) in [5.41, 5.74) is 3.87. The first kappa shape index (κ1) is 10.1. The molecule has 3 aliphatic rings. The van der Waals surface area contributed by atoms with Crippen molar-refractivity contribution in [3.63, 3.8) is 0 Å². The van der Waals surface area contributed by atoms with Gasteiger partial charge in [0.25, 0.3) is 0 Å². The molecule has 2 bridgehead atoms. The molecule has 0 spiro atoms. The molecule has 0 amide bonds. The molecule has 1 N–H and O–H groups in total. The highest BCUT2D eigenvalue weighted by molar-refractivity contribution is 7.87. The van der Waals surface area contributed by atoms with Crippen molar-refractivity contribution >= 4 is 16.7 Å². The van der Waals surface area contributed by atoms with Gasteiger partial charge in [-0.3, -0.25) is 0 Å². The van der Waals surface area contributed by atoms with Gasteiger partial charge in [-0.1, -0.05) is 17.7 Å². The van der Waals surface area contributed by atoms with Crippen molar-refractivity contribution in [3.8, 4) is 0 Å². The fourth-order valence-electron chi connectivity index (χ4n) is 4.20. The molecule has 3 heteroatoms. The maximum absolute atomic E-state index is 12.3. The fourth-order valence-corrected chi connectivity index (χ4v) is 5.98. The lowest BCUT2D eigenvalue weighted by Crippen LogP contribution is -2.37. The molecule has 0 saturated heterocycles. The van der Waals surface area contributed by atoms with E-state index in [1.165, 1.54) is 30.4 Å². The maximum Gasteiger partial charge on any atom is 0.121 e. The average Bonchev–Trinajstić information content (AvgIpc) is 2.91. The Morgan fingerprint density at radius 2 is 2.12 bits per heavy atom. The van der Waals surface area contributed by atoms with Crippen molar-refractivity contribution in [1.29, 1.82) is 0 Å². The van der Waals surface area contributed by atoms with Crippen molar-refractivity contribution in [3.05, 3.63) is 29.3 Å². The molecule has 17 heavy (non-hydrogen) atoms. The fraction of sp³-hybridized carbons (Fsp3) is 0.571. The summed E-state index contributed by atoms with van der Waals surface area (Å²) in [6.45, 7) is 2.15. The van der Waals surface area contributed by atoms with Gasteiger partial charge in [-0.05, 0) is 49.7 Å². The SMILES string of the molecule is Cc1ccc2c(c1)[C@@H]1[C@H]3CC[C@@H](C3)[C@@H]1[S@](=O)N2. The van der Waals surface area contributed by atoms with E-state index in [-0.39, 0.29) is 0 Å². The second-order valence-electron chi connectivity index (χ2n) is 5.81. The van der Waals surface area contributed by atoms with E-state index in [2.05, 4.69) is 29.8 Å². The molecule has 2 fully saturated rings. The molecule has 1 aliphatic heterocycles. The van der Waals surface area contributed by atoms with Crippen LogP contribution in [0.4, 0.5) is 5.69 Å². The summed E-state index contributed by atoms with van der Waals surface area (Å²) in [4.78, 5) is 0. The molecule has 90 valence electrons. The first-order valence-corrected chi connectivity index (χ1v) is 7.73. The van der Waals surface area contributed by atoms with E-state index in [9.17, 15) is 4.21 Å². The van der Waals surface area contributed by atoms with E-state index in [1.807, 2.05) is 0 Å². The second kappa shape index (κ2) is 3.35. The van der Waals surface area contributed by atoms with Crippen LogP contribution in [0.25, 0.3) is 0 Å². The molecule has 1 heterocycles. The summed E-state index contributed by atoms with van der Waals surface area (Å²) in [5.74, 6) is 2.05. The molecule has 2 aliphatic carbocycles. The first-order chi connectivity index (χ1) is 8.24. The summed E-state index contributed by atoms with van der Waals surface area (Å²) in [5, 5.41) is 0.378. The van der Waals surface area contributed by atoms with Crippen LogP contribution in [0, 0.1) is 18.8 Å². The van der Waals surface area contributed by atoms with Crippen LogP contribution in [0.15, 0.2) is 18.2 Å². The van der Waals surface area contributed by atoms with Crippen LogP contribution in [-0.2, 0) is 11.0 Å². The van der Waals surface area contributed by atoms with Crippen LogP contribution in [0.2, 0.25) is 0 Å². The van der Waals surface area contributed by atoms with Gasteiger partial charge in [0, 0.05) is 11.6 Å². The molecule has 2 nitrogen and oxygen atoms in total. The average molecular weight is 247 g/mol. The molecule has 1 aromatic carbocycles. The van der Waals surface area contributed by atoms with Gasteiger partial charge < -0.3 is 4.72 Å². The van der Waals surface area contributed by atoms with Crippen LogP contribution in [0.5, 0.6) is 0 Å². The number of aryl methyl sites for hydroxylation is 1. The quantitative estimate of drug-likeness (QED) is 0.750. The normalized spacial score (nSPS) is 41.8. The highest BCUT2D eigenvalue weighted by atomic mass is 32.2. The Morgan fingerprint density at radius 3 is 3.00 bits per heavy atom. The van der Waals surface area contributed by atoms with Crippen LogP contribution < -0.4 is 4.72 Å². The Balaban J connectivity index is 1.88. The van der Waals surface area contributed by atoms with E-state index in [1.54, 1.807) is 0 Å². The third-order valence-electron chi connectivity index (χ3n) is 4.86. The summed E-state index contributed by atoms with van der Waals surface area (Å²) < 4.78 is 15.5. The van der Waals surface area contributed by atoms with Crippen molar-refractivity contribution in [2.75, 3.05) is 4.72 Å². The van der Waals surface area contributed by atoms with Crippen molar-refractivity contribution in [2.45, 2.75) is 37.4 Å². The highest BCUT2D eigenvalue weighted by Gasteiger charge is 2.53. The second-order valence-corrected chi connectivity index (χ2v) is 7.16. The number of benzene rings is 1. The molecule has 0 aromatic heterocycles. The molecule has 1 aromatic rings. The van der Waals surface area contributed by atoms with Gasteiger partial charge in [-0.25, -0.2) is 4.21 Å². The van der Waals surface area contributed by atoms with E-state index >= 15 is 0 Å². The Hall–Kier alpha value is -0.830. The minimum atomic E-state index is -0.863. The molecule has 5 atom stereocenters. The van der Waals surface area contributed by atoms with Crippen LogP contribution >= 0.6 is 0 Å². The van der Waals surface area contributed by atoms with Crippen LogP contribution in [-0.4, -0.2) is 9.46 Å². The Bertz CT molecular complexity index is 513. The molecule has 4 rings (SSSR count). The zero-order valence-electron chi connectivity index (χ0n) is 9.98. The third kappa shape index (κ3) is 1.29. The van der Waals surface area contributed by atoms with E-state index in [4.69, 9.17) is 0 Å². The number of hydrogen-bond donors (Lipinski definition) is 1. The minimum Gasteiger partial charge on any atom is -0.305 e. The summed E-state index contributed by atoms with van der Waals surface area (Å²) in [6, 6.07) is 6.51. The zero-order valence-corrected chi connectivity index (χ0v) is 10.8. The van der Waals surface area contributed by atoms with Gasteiger partial charge >= 0.3 is 0 Å². The lowest BCUT2D eigenvalue weighted by Gasteiger charge is -2.36. The Labute approximate surface area is 104 Å². The first-order valence-electron chi connectivity index (χ1n) is 6.52. The lowest BCUT2D eigenvalue weighted by atomic mass is 9.81. The van der Waals surface area contributed by atoms with E-state index in [0.717, 1.165) is 11.6 Å². The van der Waals surface area contributed by atoms with Crippen molar-refractivity contribution in [2.24, 2.45) is 11.8 Å². The number of nitrogens with one attached hydrogen (secondary N) is 1. The summed E-state index contributed by atoms with van der Waals surface area (Å²) >= 11 is 0. The minimum absolute atomic E-state index is 0.378. The molecular formula is C14H17NOS. The Morgan fingerprint density at radius 1 is 1.29 bits per heavy atom. The van der Waals surface area contributed by atoms with Gasteiger partial charge in [0.15, 0.2) is 0 Å². The predicted molar refractivity (Wildman–Crippen MR) is 70.3 cm³/mol. The highest BCUT2D eigenvalue weighted by Crippen LogP contribution is 2.57. The lowest BCUT2D eigenvalue weighted by molar-refractivity contribution is 0.422. The van der Waals surface area contributed by atoms with E-state index < -0.39 is 11.0 Å². The van der Waals surface area contributed by atoms with Gasteiger partial charge in [0.2, 0.25) is 0 Å². The summed E-state index contributed by atoms with van der Waals surface area (Å²) in [6.07, 6.45) is 3.94. The maximum atomic E-state index is 12.3. The number of anilines is 1. The summed E-state index contributed by atoms with van der Waals surface area (Å²) in [7, 11) is -0.863. The van der Waals surface area contributed by atoms with Crippen molar-refractivity contribution in [1.82, 2.24) is 0 Å². The topological polar surface area (TPSA) is 29.1 Å². The van der Waals surface area contributed by atoms with Gasteiger partial charge in [-0.15, -0.1) is 0 Å². The van der Waals surface area contributed by atoms with Crippen LogP contribution in [0.1, 0.15) is 36.3 Å². The largest absolute Gasteiger partial charge is 0.305 e. The third-order valence-corrected chi connectivity index (χ3v) is 6.46.